The first kappa shape index (κ1) is 79.8. The molecule has 6 nitrogen and oxygen atoms in total. The smallest absolute Gasteiger partial charge is 0.306 e. The third-order valence-electron chi connectivity index (χ3n) is 16.2. The van der Waals surface area contributed by atoms with Gasteiger partial charge in [0.05, 0.1) is 0 Å². The highest BCUT2D eigenvalue weighted by Crippen LogP contribution is 2.18. The fraction of sp³-hybridized carbons (Fsp3) is 0.805. The zero-order valence-corrected chi connectivity index (χ0v) is 55.5. The first-order valence-electron chi connectivity index (χ1n) is 36.4. The second kappa shape index (κ2) is 71.3. The van der Waals surface area contributed by atoms with E-state index in [2.05, 4.69) is 93.7 Å². The molecule has 83 heavy (non-hydrogen) atoms. The zero-order valence-electron chi connectivity index (χ0n) is 55.5. The Bertz CT molecular complexity index is 1520. The molecule has 0 fully saturated rings. The summed E-state index contributed by atoms with van der Waals surface area (Å²) in [7, 11) is 0. The Kier molecular flexibility index (Phi) is 68.6. The normalized spacial score (nSPS) is 12.5. The summed E-state index contributed by atoms with van der Waals surface area (Å²) in [5.41, 5.74) is 0. The lowest BCUT2D eigenvalue weighted by Gasteiger charge is -2.18. The van der Waals surface area contributed by atoms with Gasteiger partial charge in [0.25, 0.3) is 0 Å². The summed E-state index contributed by atoms with van der Waals surface area (Å²) >= 11 is 0. The minimum atomic E-state index is -0.781. The number of rotatable bonds is 67. The van der Waals surface area contributed by atoms with Crippen molar-refractivity contribution in [3.63, 3.8) is 0 Å². The van der Waals surface area contributed by atoms with Crippen molar-refractivity contribution in [2.45, 2.75) is 386 Å². The maximum absolute atomic E-state index is 13.0. The number of allylic oxidation sites excluding steroid dienone is 12. The summed E-state index contributed by atoms with van der Waals surface area (Å²) in [4.78, 5) is 38.5. The summed E-state index contributed by atoms with van der Waals surface area (Å²) in [6, 6.07) is 0. The fourth-order valence-electron chi connectivity index (χ4n) is 10.7. The topological polar surface area (TPSA) is 78.9 Å². The minimum absolute atomic E-state index is 0.0754. The molecule has 0 aliphatic rings. The number of esters is 3. The van der Waals surface area contributed by atoms with Crippen molar-refractivity contribution in [3.05, 3.63) is 72.9 Å². The van der Waals surface area contributed by atoms with Crippen molar-refractivity contribution in [2.75, 3.05) is 13.2 Å². The number of ether oxygens (including phenoxy) is 3. The monoisotopic (exact) mass is 1160 g/mol. The molecule has 0 rings (SSSR count). The molecular formula is C77H138O6. The first-order valence-corrected chi connectivity index (χ1v) is 36.4. The molecular weight excluding hydrogens is 1020 g/mol. The van der Waals surface area contributed by atoms with Crippen LogP contribution < -0.4 is 0 Å². The van der Waals surface area contributed by atoms with E-state index in [-0.39, 0.29) is 31.1 Å². The average molecular weight is 1160 g/mol. The van der Waals surface area contributed by atoms with Crippen molar-refractivity contribution < 1.29 is 28.6 Å². The van der Waals surface area contributed by atoms with E-state index in [4.69, 9.17) is 14.2 Å². The van der Waals surface area contributed by atoms with Gasteiger partial charge in [-0.05, 0) is 109 Å². The maximum atomic E-state index is 13.0. The molecule has 0 heterocycles. The molecule has 1 unspecified atom stereocenters. The lowest BCUT2D eigenvalue weighted by molar-refractivity contribution is -0.167. The van der Waals surface area contributed by atoms with Crippen LogP contribution in [0, 0.1) is 0 Å². The molecule has 0 aromatic heterocycles. The van der Waals surface area contributed by atoms with Crippen molar-refractivity contribution in [2.24, 2.45) is 0 Å². The van der Waals surface area contributed by atoms with E-state index in [1.807, 2.05) is 0 Å². The van der Waals surface area contributed by atoms with Gasteiger partial charge in [-0.1, -0.05) is 325 Å². The number of hydrogen-bond donors (Lipinski definition) is 0. The van der Waals surface area contributed by atoms with E-state index in [9.17, 15) is 14.4 Å². The van der Waals surface area contributed by atoms with Crippen LogP contribution in [0.25, 0.3) is 0 Å². The van der Waals surface area contributed by atoms with E-state index in [1.54, 1.807) is 0 Å². The van der Waals surface area contributed by atoms with E-state index in [0.717, 1.165) is 83.5 Å². The van der Waals surface area contributed by atoms with Gasteiger partial charge in [-0.15, -0.1) is 0 Å². The second-order valence-electron chi connectivity index (χ2n) is 24.5. The van der Waals surface area contributed by atoms with Crippen LogP contribution in [0.2, 0.25) is 0 Å². The molecule has 0 radical (unpaired) electrons. The summed E-state index contributed by atoms with van der Waals surface area (Å²) in [5.74, 6) is -0.861. The van der Waals surface area contributed by atoms with Gasteiger partial charge in [-0.2, -0.15) is 0 Å². The Morgan fingerprint density at radius 1 is 0.253 bits per heavy atom. The van der Waals surface area contributed by atoms with E-state index in [1.165, 1.54) is 257 Å². The van der Waals surface area contributed by atoms with Crippen LogP contribution >= 0.6 is 0 Å². The third-order valence-corrected chi connectivity index (χ3v) is 16.2. The van der Waals surface area contributed by atoms with Crippen molar-refractivity contribution in [1.29, 1.82) is 0 Å². The van der Waals surface area contributed by atoms with Crippen LogP contribution in [-0.4, -0.2) is 37.2 Å². The maximum Gasteiger partial charge on any atom is 0.306 e. The van der Waals surface area contributed by atoms with E-state index >= 15 is 0 Å². The highest BCUT2D eigenvalue weighted by Gasteiger charge is 2.19. The van der Waals surface area contributed by atoms with Crippen LogP contribution in [0.4, 0.5) is 0 Å². The van der Waals surface area contributed by atoms with Crippen LogP contribution in [0.15, 0.2) is 72.9 Å². The highest BCUT2D eigenvalue weighted by molar-refractivity contribution is 5.71. The number of carbonyl (C=O) groups is 3. The van der Waals surface area contributed by atoms with Crippen molar-refractivity contribution >= 4 is 17.9 Å². The standard InChI is InChI=1S/C77H138O6/c1-4-7-10-13-16-19-22-25-28-31-33-35-37-38-40-41-43-46-49-52-55-58-61-64-67-70-76(79)82-73-74(72-81-75(78)69-66-63-60-57-54-51-48-45-30-27-24-21-18-15-12-9-6-3)83-77(80)71-68-65-62-59-56-53-50-47-44-42-39-36-34-32-29-26-23-20-17-14-11-8-5-2/h8,11,17,20,26-27,29-31,33-34,36,74H,4-7,9-10,12-16,18-19,21-25,28,32,35,37-73H2,1-3H3/b11-8-,20-17-,29-26-,30-27-,33-31-,36-34-. The van der Waals surface area contributed by atoms with Crippen LogP contribution in [0.5, 0.6) is 0 Å². The number of unbranched alkanes of at least 4 members (excludes halogenated alkanes) is 44. The molecule has 0 aromatic carbocycles. The molecule has 0 aliphatic heterocycles. The predicted octanol–water partition coefficient (Wildman–Crippen LogP) is 25.2. The van der Waals surface area contributed by atoms with Gasteiger partial charge < -0.3 is 14.2 Å². The molecule has 0 aromatic rings. The molecule has 0 bridgehead atoms. The molecule has 1 atom stereocenters. The summed E-state index contributed by atoms with van der Waals surface area (Å²) in [5, 5.41) is 0. The molecule has 0 saturated carbocycles. The van der Waals surface area contributed by atoms with Gasteiger partial charge in [0.15, 0.2) is 6.10 Å². The molecule has 6 heteroatoms. The van der Waals surface area contributed by atoms with Gasteiger partial charge in [0.1, 0.15) is 13.2 Å². The van der Waals surface area contributed by atoms with Gasteiger partial charge >= 0.3 is 17.9 Å². The molecule has 0 N–H and O–H groups in total. The predicted molar refractivity (Wildman–Crippen MR) is 362 cm³/mol. The lowest BCUT2D eigenvalue weighted by Crippen LogP contribution is -2.30. The molecule has 0 spiro atoms. The Labute approximate surface area is 516 Å². The highest BCUT2D eigenvalue weighted by atomic mass is 16.6. The number of hydrogen-bond acceptors (Lipinski definition) is 6. The third kappa shape index (κ3) is 69.5. The molecule has 0 saturated heterocycles. The molecule has 0 amide bonds. The lowest BCUT2D eigenvalue weighted by atomic mass is 10.0. The van der Waals surface area contributed by atoms with Crippen LogP contribution in [-0.2, 0) is 28.6 Å². The van der Waals surface area contributed by atoms with Crippen LogP contribution in [0.1, 0.15) is 380 Å². The van der Waals surface area contributed by atoms with E-state index < -0.39 is 6.10 Å². The van der Waals surface area contributed by atoms with Crippen LogP contribution in [0.3, 0.4) is 0 Å². The summed E-state index contributed by atoms with van der Waals surface area (Å²) in [6.45, 7) is 6.58. The minimum Gasteiger partial charge on any atom is -0.462 e. The van der Waals surface area contributed by atoms with Gasteiger partial charge in [-0.25, -0.2) is 0 Å². The zero-order chi connectivity index (χ0) is 59.9. The Morgan fingerprint density at radius 2 is 0.470 bits per heavy atom. The van der Waals surface area contributed by atoms with Gasteiger partial charge in [0.2, 0.25) is 0 Å². The van der Waals surface area contributed by atoms with E-state index in [0.29, 0.717) is 19.3 Å². The molecule has 0 aliphatic carbocycles. The van der Waals surface area contributed by atoms with Crippen molar-refractivity contribution in [1.82, 2.24) is 0 Å². The van der Waals surface area contributed by atoms with Gasteiger partial charge in [0, 0.05) is 19.3 Å². The number of carbonyl (C=O) groups excluding carboxylic acids is 3. The Hall–Kier alpha value is -3.15. The Morgan fingerprint density at radius 3 is 0.747 bits per heavy atom. The summed E-state index contributed by atoms with van der Waals surface area (Å²) < 4.78 is 17.0. The average Bonchev–Trinajstić information content (AvgIpc) is 3.49. The van der Waals surface area contributed by atoms with Crippen molar-refractivity contribution in [3.8, 4) is 0 Å². The quantitative estimate of drug-likeness (QED) is 0.0261. The Balaban J connectivity index is 4.32. The fourth-order valence-corrected chi connectivity index (χ4v) is 10.7. The summed E-state index contributed by atoms with van der Waals surface area (Å²) in [6.07, 6.45) is 93.6. The van der Waals surface area contributed by atoms with Gasteiger partial charge in [-0.3, -0.25) is 14.4 Å². The molecule has 482 valence electrons. The first-order chi connectivity index (χ1) is 41.0. The second-order valence-corrected chi connectivity index (χ2v) is 24.5. The SMILES string of the molecule is CC/C=C\C/C=C\C/C=C\C/C=C\CCCCCCCCCCCCC(=O)OC(COC(=O)CCCCCCCCC/C=C\CCCCCCCC)COC(=O)CCCCCCCCCCCCCCC/C=C\CCCCCCCCCC. The largest absolute Gasteiger partial charge is 0.462 e.